The minimum Gasteiger partial charge on any atom is -0.492 e. The van der Waals surface area contributed by atoms with Crippen molar-refractivity contribution in [2.45, 2.75) is 45.3 Å². The molecule has 1 aliphatic carbocycles. The van der Waals surface area contributed by atoms with Crippen LogP contribution in [-0.4, -0.2) is 31.8 Å². The van der Waals surface area contributed by atoms with E-state index < -0.39 is 0 Å². The van der Waals surface area contributed by atoms with Crippen molar-refractivity contribution in [1.82, 2.24) is 4.98 Å². The van der Waals surface area contributed by atoms with Crippen molar-refractivity contribution in [3.8, 4) is 34.3 Å². The first-order valence-corrected chi connectivity index (χ1v) is 13.8. The van der Waals surface area contributed by atoms with E-state index in [9.17, 15) is 4.79 Å². The number of rotatable bonds is 10. The number of methoxy groups -OCH3 is 2. The van der Waals surface area contributed by atoms with Crippen LogP contribution in [-0.2, 0) is 35.6 Å². The number of nitrogens with zero attached hydrogens (tertiary/aromatic N) is 1. The van der Waals surface area contributed by atoms with Crippen molar-refractivity contribution in [2.75, 3.05) is 20.8 Å². The predicted molar refractivity (Wildman–Crippen MR) is 155 cm³/mol. The van der Waals surface area contributed by atoms with E-state index in [4.69, 9.17) is 23.7 Å². The average molecular weight is 552 g/mol. The summed E-state index contributed by atoms with van der Waals surface area (Å²) in [5, 5.41) is 0. The van der Waals surface area contributed by atoms with E-state index in [1.165, 1.54) is 34.9 Å². The highest BCUT2D eigenvalue weighted by molar-refractivity contribution is 5.76. The lowest BCUT2D eigenvalue weighted by Gasteiger charge is -2.28. The van der Waals surface area contributed by atoms with E-state index in [0.717, 1.165) is 46.8 Å². The van der Waals surface area contributed by atoms with Gasteiger partial charge in [0.05, 0.1) is 27.2 Å². The Bertz CT molecular complexity index is 1600. The molecule has 3 aromatic carbocycles. The number of pyridine rings is 1. The first kappa shape index (κ1) is 26.7. The fourth-order valence-corrected chi connectivity index (χ4v) is 5.64. The number of fused-ring (bicyclic) bond motifs is 2. The Morgan fingerprint density at radius 2 is 1.78 bits per heavy atom. The van der Waals surface area contributed by atoms with Crippen LogP contribution in [0.25, 0.3) is 11.1 Å². The van der Waals surface area contributed by atoms with Gasteiger partial charge >= 0.3 is 5.97 Å². The van der Waals surface area contributed by atoms with Crippen LogP contribution in [0, 0.1) is 6.92 Å². The summed E-state index contributed by atoms with van der Waals surface area (Å²) in [7, 11) is 3.02. The van der Waals surface area contributed by atoms with Gasteiger partial charge in [0.1, 0.15) is 30.5 Å². The van der Waals surface area contributed by atoms with E-state index in [1.807, 2.05) is 30.3 Å². The maximum absolute atomic E-state index is 11.7. The molecule has 0 saturated carbocycles. The van der Waals surface area contributed by atoms with Crippen molar-refractivity contribution in [2.24, 2.45) is 0 Å². The number of carbonyl (C=O) groups excluding carboxylic acids is 1. The topological polar surface area (TPSA) is 76.1 Å². The van der Waals surface area contributed by atoms with Gasteiger partial charge in [-0.3, -0.25) is 4.79 Å². The SMILES string of the molecule is COC(=O)CC1COc2cc(OCc3cccc(-c4c(C)cc(OCc5ccnc(OC)c5)c5c4CC5)c3)ccc21. The second-order valence-electron chi connectivity index (χ2n) is 10.5. The first-order valence-electron chi connectivity index (χ1n) is 13.8. The van der Waals surface area contributed by atoms with Crippen molar-refractivity contribution in [1.29, 1.82) is 0 Å². The molecule has 0 fully saturated rings. The van der Waals surface area contributed by atoms with Gasteiger partial charge in [-0.05, 0) is 83.0 Å². The molecule has 1 atom stereocenters. The van der Waals surface area contributed by atoms with E-state index >= 15 is 0 Å². The Labute approximate surface area is 240 Å². The van der Waals surface area contributed by atoms with Gasteiger partial charge in [-0.1, -0.05) is 24.3 Å². The second kappa shape index (κ2) is 11.5. The summed E-state index contributed by atoms with van der Waals surface area (Å²) in [5.41, 5.74) is 9.45. The standard InChI is InChI=1S/C34H33NO6/c1-21-13-30(40-19-23-11-12-35-32(15-23)37-2)28-9-10-29(28)34(21)24-6-4-5-22(14-24)18-39-26-7-8-27-25(16-33(36)38-3)20-41-31(27)17-26/h4-8,11-15,17,25H,9-10,16,18-20H2,1-3H3. The molecule has 6 rings (SSSR count). The molecule has 0 N–H and O–H groups in total. The third-order valence-corrected chi connectivity index (χ3v) is 7.86. The number of aromatic nitrogens is 1. The highest BCUT2D eigenvalue weighted by atomic mass is 16.5. The van der Waals surface area contributed by atoms with Crippen LogP contribution in [0.2, 0.25) is 0 Å². The lowest BCUT2D eigenvalue weighted by atomic mass is 9.79. The highest BCUT2D eigenvalue weighted by Crippen LogP contribution is 2.43. The molecular weight excluding hydrogens is 518 g/mol. The molecule has 7 nitrogen and oxygen atoms in total. The lowest BCUT2D eigenvalue weighted by Crippen LogP contribution is -2.14. The minimum absolute atomic E-state index is 0.0139. The van der Waals surface area contributed by atoms with Crippen molar-refractivity contribution >= 4 is 5.97 Å². The summed E-state index contributed by atoms with van der Waals surface area (Å²) < 4.78 is 28.3. The predicted octanol–water partition coefficient (Wildman–Crippen LogP) is 6.36. The minimum atomic E-state index is -0.231. The zero-order valence-corrected chi connectivity index (χ0v) is 23.6. The van der Waals surface area contributed by atoms with Gasteiger partial charge in [-0.25, -0.2) is 4.98 Å². The Kier molecular flexibility index (Phi) is 7.51. The lowest BCUT2D eigenvalue weighted by molar-refractivity contribution is -0.141. The molecule has 0 bridgehead atoms. The quantitative estimate of drug-likeness (QED) is 0.212. The van der Waals surface area contributed by atoms with Gasteiger partial charge in [0.25, 0.3) is 0 Å². The third-order valence-electron chi connectivity index (χ3n) is 7.86. The molecule has 2 heterocycles. The van der Waals surface area contributed by atoms with Crippen molar-refractivity contribution in [3.63, 3.8) is 0 Å². The Morgan fingerprint density at radius 3 is 2.59 bits per heavy atom. The van der Waals surface area contributed by atoms with Crippen molar-refractivity contribution in [3.05, 3.63) is 100 Å². The van der Waals surface area contributed by atoms with Gasteiger partial charge in [-0.15, -0.1) is 0 Å². The normalized spacial score (nSPS) is 14.8. The number of hydrogen-bond acceptors (Lipinski definition) is 7. The number of ether oxygens (including phenoxy) is 5. The number of esters is 1. The molecule has 0 spiro atoms. The van der Waals surface area contributed by atoms with Crippen molar-refractivity contribution < 1.29 is 28.5 Å². The third kappa shape index (κ3) is 5.57. The van der Waals surface area contributed by atoms with E-state index in [-0.39, 0.29) is 11.9 Å². The maximum Gasteiger partial charge on any atom is 0.306 e. The van der Waals surface area contributed by atoms with Gasteiger partial charge < -0.3 is 23.7 Å². The number of benzene rings is 3. The van der Waals surface area contributed by atoms with Crippen LogP contribution in [0.1, 0.15) is 45.7 Å². The van der Waals surface area contributed by atoms with E-state index in [0.29, 0.717) is 32.1 Å². The van der Waals surface area contributed by atoms with Crippen LogP contribution in [0.15, 0.2) is 66.9 Å². The zero-order valence-electron chi connectivity index (χ0n) is 23.6. The van der Waals surface area contributed by atoms with Gasteiger partial charge in [0.2, 0.25) is 5.88 Å². The van der Waals surface area contributed by atoms with E-state index in [1.54, 1.807) is 13.3 Å². The second-order valence-corrected chi connectivity index (χ2v) is 10.5. The Morgan fingerprint density at radius 1 is 0.951 bits per heavy atom. The van der Waals surface area contributed by atoms with Crippen LogP contribution in [0.5, 0.6) is 23.1 Å². The summed E-state index contributed by atoms with van der Waals surface area (Å²) in [6, 6.07) is 20.4. The number of aryl methyl sites for hydroxylation is 1. The molecule has 210 valence electrons. The fraction of sp³-hybridized carbons (Fsp3) is 0.294. The first-order chi connectivity index (χ1) is 20.0. The molecule has 0 saturated heterocycles. The Hall–Kier alpha value is -4.52. The van der Waals surface area contributed by atoms with Crippen LogP contribution >= 0.6 is 0 Å². The summed E-state index contributed by atoms with van der Waals surface area (Å²) in [4.78, 5) is 15.9. The summed E-state index contributed by atoms with van der Waals surface area (Å²) in [5.74, 6) is 2.83. The number of hydrogen-bond donors (Lipinski definition) is 0. The monoisotopic (exact) mass is 551 g/mol. The molecule has 2 aliphatic rings. The molecule has 41 heavy (non-hydrogen) atoms. The van der Waals surface area contributed by atoms with Crippen LogP contribution in [0.3, 0.4) is 0 Å². The summed E-state index contributed by atoms with van der Waals surface area (Å²) in [6.07, 6.45) is 4.11. The van der Waals surface area contributed by atoms with Crippen LogP contribution < -0.4 is 18.9 Å². The Balaban J connectivity index is 1.15. The molecule has 7 heteroatoms. The highest BCUT2D eigenvalue weighted by Gasteiger charge is 2.27. The summed E-state index contributed by atoms with van der Waals surface area (Å²) in [6.45, 7) is 3.53. The largest absolute Gasteiger partial charge is 0.492 e. The maximum atomic E-state index is 11.7. The molecule has 1 unspecified atom stereocenters. The molecular formula is C34H33NO6. The van der Waals surface area contributed by atoms with Gasteiger partial charge in [-0.2, -0.15) is 0 Å². The average Bonchev–Trinajstić information content (AvgIpc) is 3.38. The van der Waals surface area contributed by atoms with Crippen LogP contribution in [0.4, 0.5) is 0 Å². The molecule has 4 aromatic rings. The number of carbonyl (C=O) groups is 1. The molecule has 0 amide bonds. The molecule has 1 aromatic heterocycles. The van der Waals surface area contributed by atoms with E-state index in [2.05, 4.69) is 42.2 Å². The smallest absolute Gasteiger partial charge is 0.306 e. The molecule has 0 radical (unpaired) electrons. The zero-order chi connectivity index (χ0) is 28.3. The fourth-order valence-electron chi connectivity index (χ4n) is 5.64. The van der Waals surface area contributed by atoms with Gasteiger partial charge in [0, 0.05) is 29.8 Å². The summed E-state index contributed by atoms with van der Waals surface area (Å²) >= 11 is 0. The molecule has 1 aliphatic heterocycles. The van der Waals surface area contributed by atoms with Gasteiger partial charge in [0.15, 0.2) is 0 Å².